The van der Waals surface area contributed by atoms with Crippen LogP contribution in [0.4, 0.5) is 5.95 Å². The Labute approximate surface area is 92.9 Å². The van der Waals surface area contributed by atoms with Crippen molar-refractivity contribution in [3.8, 4) is 0 Å². The first kappa shape index (κ1) is 10.7. The van der Waals surface area contributed by atoms with Crippen LogP contribution >= 0.6 is 0 Å². The van der Waals surface area contributed by atoms with Gasteiger partial charge in [-0.25, -0.2) is 19.3 Å². The standard InChI is InChI=1S/C10H15N5O/c1-4-5-7-6-8-12-13-10(16)15(8)9(11-7)14(2)3/h6H,4-5H2,1-3H3,(H,13,16). The number of nitrogens with zero attached hydrogens (tertiary/aromatic N) is 4. The summed E-state index contributed by atoms with van der Waals surface area (Å²) >= 11 is 0. The summed E-state index contributed by atoms with van der Waals surface area (Å²) in [7, 11) is 3.72. The predicted molar refractivity (Wildman–Crippen MR) is 61.9 cm³/mol. The molecule has 6 heteroatoms. The Bertz CT molecular complexity index is 554. The Morgan fingerprint density at radius 1 is 1.50 bits per heavy atom. The van der Waals surface area contributed by atoms with Crippen LogP contribution in [0.3, 0.4) is 0 Å². The predicted octanol–water partition coefficient (Wildman–Crippen LogP) is 0.436. The van der Waals surface area contributed by atoms with Crippen LogP contribution in [-0.2, 0) is 6.42 Å². The summed E-state index contributed by atoms with van der Waals surface area (Å²) in [5, 5.41) is 6.39. The molecular formula is C10H15N5O. The van der Waals surface area contributed by atoms with Gasteiger partial charge < -0.3 is 4.90 Å². The van der Waals surface area contributed by atoms with Crippen molar-refractivity contribution >= 4 is 11.6 Å². The lowest BCUT2D eigenvalue weighted by Gasteiger charge is -2.13. The molecule has 0 saturated carbocycles. The second kappa shape index (κ2) is 3.96. The number of aromatic amines is 1. The van der Waals surface area contributed by atoms with Gasteiger partial charge in [-0.3, -0.25) is 0 Å². The molecule has 86 valence electrons. The molecule has 0 unspecified atom stereocenters. The number of hydrogen-bond donors (Lipinski definition) is 1. The van der Waals surface area contributed by atoms with Gasteiger partial charge in [0.1, 0.15) is 0 Å². The van der Waals surface area contributed by atoms with Gasteiger partial charge >= 0.3 is 5.69 Å². The number of anilines is 1. The SMILES string of the molecule is CCCc1cc2n[nH]c(=O)n2c(N(C)C)n1. The first-order valence-electron chi connectivity index (χ1n) is 5.28. The minimum atomic E-state index is -0.255. The van der Waals surface area contributed by atoms with Crippen LogP contribution in [0, 0.1) is 0 Å². The molecule has 6 nitrogen and oxygen atoms in total. The molecule has 0 fully saturated rings. The average Bonchev–Trinajstić information content (AvgIpc) is 2.60. The number of aryl methyl sites for hydroxylation is 1. The lowest BCUT2D eigenvalue weighted by atomic mass is 10.2. The number of hydrogen-bond acceptors (Lipinski definition) is 4. The molecule has 2 aromatic rings. The van der Waals surface area contributed by atoms with E-state index in [2.05, 4.69) is 22.1 Å². The maximum absolute atomic E-state index is 11.6. The third-order valence-corrected chi connectivity index (χ3v) is 2.34. The van der Waals surface area contributed by atoms with Crippen LogP contribution in [0.25, 0.3) is 5.65 Å². The Kier molecular flexibility index (Phi) is 2.64. The van der Waals surface area contributed by atoms with Gasteiger partial charge in [-0.15, -0.1) is 0 Å². The van der Waals surface area contributed by atoms with Crippen molar-refractivity contribution in [3.63, 3.8) is 0 Å². The van der Waals surface area contributed by atoms with Crippen molar-refractivity contribution < 1.29 is 0 Å². The Hall–Kier alpha value is -1.85. The van der Waals surface area contributed by atoms with Gasteiger partial charge in [-0.1, -0.05) is 13.3 Å². The van der Waals surface area contributed by atoms with Gasteiger partial charge in [0.15, 0.2) is 5.65 Å². The van der Waals surface area contributed by atoms with E-state index >= 15 is 0 Å². The maximum Gasteiger partial charge on any atom is 0.350 e. The molecule has 0 aromatic carbocycles. The first-order valence-corrected chi connectivity index (χ1v) is 5.28. The van der Waals surface area contributed by atoms with E-state index in [-0.39, 0.29) is 5.69 Å². The molecule has 0 spiro atoms. The monoisotopic (exact) mass is 221 g/mol. The highest BCUT2D eigenvalue weighted by Crippen LogP contribution is 2.11. The van der Waals surface area contributed by atoms with E-state index in [0.29, 0.717) is 11.6 Å². The third-order valence-electron chi connectivity index (χ3n) is 2.34. The Morgan fingerprint density at radius 2 is 2.25 bits per heavy atom. The van der Waals surface area contributed by atoms with Crippen LogP contribution in [0.15, 0.2) is 10.9 Å². The van der Waals surface area contributed by atoms with Gasteiger partial charge in [0.05, 0.1) is 0 Å². The van der Waals surface area contributed by atoms with Crippen LogP contribution < -0.4 is 10.6 Å². The highest BCUT2D eigenvalue weighted by molar-refractivity contribution is 5.46. The van der Waals surface area contributed by atoms with Crippen LogP contribution in [0.1, 0.15) is 19.0 Å². The fourth-order valence-electron chi connectivity index (χ4n) is 1.64. The van der Waals surface area contributed by atoms with Gasteiger partial charge in [-0.05, 0) is 6.42 Å². The zero-order chi connectivity index (χ0) is 11.7. The zero-order valence-corrected chi connectivity index (χ0v) is 9.69. The molecule has 2 heterocycles. The van der Waals surface area contributed by atoms with Gasteiger partial charge in [0.25, 0.3) is 0 Å². The molecule has 0 aliphatic carbocycles. The summed E-state index contributed by atoms with van der Waals surface area (Å²) < 4.78 is 1.47. The molecule has 0 bridgehead atoms. The summed E-state index contributed by atoms with van der Waals surface area (Å²) in [4.78, 5) is 17.8. The summed E-state index contributed by atoms with van der Waals surface area (Å²) in [5.41, 5.74) is 1.32. The Balaban J connectivity index is 2.71. The molecule has 16 heavy (non-hydrogen) atoms. The molecule has 0 aliphatic heterocycles. The van der Waals surface area contributed by atoms with E-state index in [0.717, 1.165) is 18.5 Å². The summed E-state index contributed by atoms with van der Waals surface area (Å²) in [6.07, 6.45) is 1.91. The molecule has 1 N–H and O–H groups in total. The van der Waals surface area contributed by atoms with Crippen molar-refractivity contribution in [2.24, 2.45) is 0 Å². The topological polar surface area (TPSA) is 66.3 Å². The van der Waals surface area contributed by atoms with Gasteiger partial charge in [0, 0.05) is 25.9 Å². The van der Waals surface area contributed by atoms with Gasteiger partial charge in [0.2, 0.25) is 5.95 Å². The van der Waals surface area contributed by atoms with E-state index in [1.807, 2.05) is 25.1 Å². The fraction of sp³-hybridized carbons (Fsp3) is 0.500. The fourth-order valence-corrected chi connectivity index (χ4v) is 1.64. The van der Waals surface area contributed by atoms with E-state index in [1.165, 1.54) is 4.40 Å². The Morgan fingerprint density at radius 3 is 2.88 bits per heavy atom. The summed E-state index contributed by atoms with van der Waals surface area (Å²) in [5.74, 6) is 0.611. The van der Waals surface area contributed by atoms with Crippen LogP contribution in [0.5, 0.6) is 0 Å². The second-order valence-electron chi connectivity index (χ2n) is 3.91. The quantitative estimate of drug-likeness (QED) is 0.816. The van der Waals surface area contributed by atoms with Crippen molar-refractivity contribution in [1.29, 1.82) is 0 Å². The summed E-state index contributed by atoms with van der Waals surface area (Å²) in [6, 6.07) is 1.84. The minimum Gasteiger partial charge on any atom is -0.348 e. The van der Waals surface area contributed by atoms with Gasteiger partial charge in [-0.2, -0.15) is 5.10 Å². The smallest absolute Gasteiger partial charge is 0.348 e. The normalized spacial score (nSPS) is 10.9. The molecular weight excluding hydrogens is 206 g/mol. The van der Waals surface area contributed by atoms with Crippen LogP contribution in [0.2, 0.25) is 0 Å². The molecule has 2 aromatic heterocycles. The minimum absolute atomic E-state index is 0.255. The van der Waals surface area contributed by atoms with E-state index < -0.39 is 0 Å². The third kappa shape index (κ3) is 1.66. The number of H-pyrrole nitrogens is 1. The summed E-state index contributed by atoms with van der Waals surface area (Å²) in [6.45, 7) is 2.10. The lowest BCUT2D eigenvalue weighted by molar-refractivity contribution is 0.846. The van der Waals surface area contributed by atoms with E-state index in [9.17, 15) is 4.79 Å². The highest BCUT2D eigenvalue weighted by Gasteiger charge is 2.10. The second-order valence-corrected chi connectivity index (χ2v) is 3.91. The van der Waals surface area contributed by atoms with Crippen LogP contribution in [-0.4, -0.2) is 33.7 Å². The average molecular weight is 221 g/mol. The zero-order valence-electron chi connectivity index (χ0n) is 9.69. The van der Waals surface area contributed by atoms with Crippen molar-refractivity contribution in [2.45, 2.75) is 19.8 Å². The van der Waals surface area contributed by atoms with E-state index in [1.54, 1.807) is 0 Å². The van der Waals surface area contributed by atoms with Crippen molar-refractivity contribution in [3.05, 3.63) is 22.2 Å². The lowest BCUT2D eigenvalue weighted by Crippen LogP contribution is -2.21. The van der Waals surface area contributed by atoms with Crippen molar-refractivity contribution in [1.82, 2.24) is 19.6 Å². The number of aromatic nitrogens is 4. The number of rotatable bonds is 3. The molecule has 0 aliphatic rings. The van der Waals surface area contributed by atoms with Crippen molar-refractivity contribution in [2.75, 3.05) is 19.0 Å². The molecule has 0 amide bonds. The largest absolute Gasteiger partial charge is 0.350 e. The maximum atomic E-state index is 11.6. The molecule has 0 radical (unpaired) electrons. The first-order chi connectivity index (χ1) is 7.63. The molecule has 0 saturated heterocycles. The molecule has 0 atom stereocenters. The van der Waals surface area contributed by atoms with E-state index in [4.69, 9.17) is 0 Å². The number of nitrogens with one attached hydrogen (secondary N) is 1. The highest BCUT2D eigenvalue weighted by atomic mass is 16.1. The molecule has 2 rings (SSSR count). The number of fused-ring (bicyclic) bond motifs is 1.